The molecule has 2 aliphatic heterocycles. The second kappa shape index (κ2) is 9.53. The van der Waals surface area contributed by atoms with Crippen LogP contribution in [0.5, 0.6) is 0 Å². The lowest BCUT2D eigenvalue weighted by Gasteiger charge is -2.37. The van der Waals surface area contributed by atoms with Gasteiger partial charge in [0.2, 0.25) is 5.91 Å². The van der Waals surface area contributed by atoms with Crippen LogP contribution in [0.1, 0.15) is 46.0 Å². The highest BCUT2D eigenvalue weighted by Crippen LogP contribution is 2.39. The fourth-order valence-electron chi connectivity index (χ4n) is 3.77. The number of carboxylic acid groups (broad SMARTS) is 1. The Kier molecular flexibility index (Phi) is 8.30. The molecule has 1 unspecified atom stereocenters. The molecule has 1 amide bonds. The standard InChI is InChI=1S/C15H27FN2O.C2HF3O2/c1-13(2)12-17-9-3-5-15(7-10-17)6-4-14(19)18(15)11-8-16;3-2(4,5)1(6)7/h13H,3-12H2,1-2H3;(H,6,7). The van der Waals surface area contributed by atoms with E-state index in [1.165, 1.54) is 0 Å². The molecule has 2 saturated heterocycles. The van der Waals surface area contributed by atoms with E-state index in [0.29, 0.717) is 18.9 Å². The van der Waals surface area contributed by atoms with Gasteiger partial charge in [-0.2, -0.15) is 13.2 Å². The van der Waals surface area contributed by atoms with Crippen LogP contribution in [-0.4, -0.2) is 71.4 Å². The summed E-state index contributed by atoms with van der Waals surface area (Å²) in [5.74, 6) is -1.91. The van der Waals surface area contributed by atoms with Gasteiger partial charge in [0, 0.05) is 31.6 Å². The quantitative estimate of drug-likeness (QED) is 0.757. The molecule has 152 valence electrons. The first-order valence-electron chi connectivity index (χ1n) is 8.91. The van der Waals surface area contributed by atoms with Gasteiger partial charge in [-0.15, -0.1) is 0 Å². The second-order valence-electron chi connectivity index (χ2n) is 7.31. The van der Waals surface area contributed by atoms with Crippen LogP contribution in [0.15, 0.2) is 0 Å². The number of amides is 1. The van der Waals surface area contributed by atoms with Gasteiger partial charge in [-0.3, -0.25) is 4.79 Å². The minimum atomic E-state index is -5.08. The van der Waals surface area contributed by atoms with Crippen molar-refractivity contribution in [2.24, 2.45) is 5.92 Å². The first kappa shape index (κ1) is 22.7. The average molecular weight is 384 g/mol. The van der Waals surface area contributed by atoms with Gasteiger partial charge in [0.1, 0.15) is 6.67 Å². The maximum atomic E-state index is 12.7. The summed E-state index contributed by atoms with van der Waals surface area (Å²) in [6.07, 6.45) is -0.340. The first-order valence-corrected chi connectivity index (χ1v) is 8.91. The van der Waals surface area contributed by atoms with Crippen molar-refractivity contribution in [1.29, 1.82) is 0 Å². The Morgan fingerprint density at radius 2 is 1.85 bits per heavy atom. The summed E-state index contributed by atoms with van der Waals surface area (Å²) >= 11 is 0. The summed E-state index contributed by atoms with van der Waals surface area (Å²) in [6.45, 7) is 7.68. The number of hydrogen-bond donors (Lipinski definition) is 1. The number of halogens is 4. The van der Waals surface area contributed by atoms with Gasteiger partial charge < -0.3 is 14.9 Å². The van der Waals surface area contributed by atoms with Crippen LogP contribution >= 0.6 is 0 Å². The first-order chi connectivity index (χ1) is 12.0. The van der Waals surface area contributed by atoms with Crippen LogP contribution in [-0.2, 0) is 9.59 Å². The molecule has 0 aromatic heterocycles. The molecule has 0 aliphatic carbocycles. The third kappa shape index (κ3) is 6.41. The van der Waals surface area contributed by atoms with Crippen molar-refractivity contribution in [1.82, 2.24) is 9.80 Å². The number of carbonyl (C=O) groups excluding carboxylic acids is 1. The highest BCUT2D eigenvalue weighted by Gasteiger charge is 2.45. The number of aliphatic carboxylic acids is 1. The largest absolute Gasteiger partial charge is 0.490 e. The van der Waals surface area contributed by atoms with Crippen molar-refractivity contribution in [2.45, 2.75) is 57.7 Å². The molecule has 1 atom stereocenters. The van der Waals surface area contributed by atoms with Crippen molar-refractivity contribution >= 4 is 11.9 Å². The van der Waals surface area contributed by atoms with Crippen molar-refractivity contribution in [3.8, 4) is 0 Å². The highest BCUT2D eigenvalue weighted by atomic mass is 19.4. The minimum Gasteiger partial charge on any atom is -0.475 e. The maximum Gasteiger partial charge on any atom is 0.490 e. The Hall–Kier alpha value is -1.38. The fourth-order valence-corrected chi connectivity index (χ4v) is 3.77. The van der Waals surface area contributed by atoms with Gasteiger partial charge in [0.15, 0.2) is 0 Å². The van der Waals surface area contributed by atoms with Crippen LogP contribution in [0.3, 0.4) is 0 Å². The Labute approximate surface area is 151 Å². The predicted molar refractivity (Wildman–Crippen MR) is 88.5 cm³/mol. The lowest BCUT2D eigenvalue weighted by Crippen LogP contribution is -2.47. The third-order valence-electron chi connectivity index (χ3n) is 4.86. The molecular formula is C17H28F4N2O3. The summed E-state index contributed by atoms with van der Waals surface area (Å²) in [4.78, 5) is 25.2. The van der Waals surface area contributed by atoms with E-state index in [2.05, 4.69) is 18.7 Å². The topological polar surface area (TPSA) is 60.9 Å². The van der Waals surface area contributed by atoms with Crippen LogP contribution in [0, 0.1) is 5.92 Å². The minimum absolute atomic E-state index is 0.0328. The average Bonchev–Trinajstić information content (AvgIpc) is 2.69. The molecule has 0 bridgehead atoms. The summed E-state index contributed by atoms with van der Waals surface area (Å²) in [6, 6.07) is 0. The summed E-state index contributed by atoms with van der Waals surface area (Å²) in [5.41, 5.74) is -0.0328. The molecule has 2 aliphatic rings. The van der Waals surface area contributed by atoms with E-state index in [-0.39, 0.29) is 11.4 Å². The zero-order valence-corrected chi connectivity index (χ0v) is 15.3. The van der Waals surface area contributed by atoms with E-state index in [1.54, 1.807) is 0 Å². The monoisotopic (exact) mass is 384 g/mol. The number of rotatable bonds is 4. The van der Waals surface area contributed by atoms with E-state index in [0.717, 1.165) is 45.3 Å². The number of hydrogen-bond acceptors (Lipinski definition) is 3. The van der Waals surface area contributed by atoms with Gasteiger partial charge in [-0.05, 0) is 38.1 Å². The number of carboxylic acids is 1. The van der Waals surface area contributed by atoms with Gasteiger partial charge >= 0.3 is 12.1 Å². The Bertz CT molecular complexity index is 485. The molecule has 0 aromatic rings. The lowest BCUT2D eigenvalue weighted by molar-refractivity contribution is -0.192. The molecule has 0 radical (unpaired) electrons. The molecule has 5 nitrogen and oxygen atoms in total. The van der Waals surface area contributed by atoms with Crippen molar-refractivity contribution in [2.75, 3.05) is 32.9 Å². The second-order valence-corrected chi connectivity index (χ2v) is 7.31. The zero-order chi connectivity index (χ0) is 20.0. The molecule has 26 heavy (non-hydrogen) atoms. The molecule has 2 rings (SSSR count). The normalized spacial score (nSPS) is 24.6. The van der Waals surface area contributed by atoms with Crippen LogP contribution in [0.4, 0.5) is 17.6 Å². The van der Waals surface area contributed by atoms with Crippen molar-refractivity contribution < 1.29 is 32.3 Å². The van der Waals surface area contributed by atoms with Gasteiger partial charge in [-0.1, -0.05) is 13.8 Å². The predicted octanol–water partition coefficient (Wildman–Crippen LogP) is 3.09. The van der Waals surface area contributed by atoms with Crippen molar-refractivity contribution in [3.05, 3.63) is 0 Å². The summed E-state index contributed by atoms with van der Waals surface area (Å²) < 4.78 is 44.4. The Morgan fingerprint density at radius 1 is 1.23 bits per heavy atom. The molecule has 0 aromatic carbocycles. The Morgan fingerprint density at radius 3 is 2.35 bits per heavy atom. The van der Waals surface area contributed by atoms with Crippen LogP contribution in [0.25, 0.3) is 0 Å². The zero-order valence-electron chi connectivity index (χ0n) is 15.3. The third-order valence-corrected chi connectivity index (χ3v) is 4.86. The lowest BCUT2D eigenvalue weighted by atomic mass is 9.88. The van der Waals surface area contributed by atoms with Crippen LogP contribution in [0.2, 0.25) is 0 Å². The van der Waals surface area contributed by atoms with Gasteiger partial charge in [-0.25, -0.2) is 9.18 Å². The summed E-state index contributed by atoms with van der Waals surface area (Å²) in [5, 5.41) is 7.12. The number of alkyl halides is 4. The molecule has 2 fully saturated rings. The summed E-state index contributed by atoms with van der Waals surface area (Å²) in [7, 11) is 0. The van der Waals surface area contributed by atoms with E-state index < -0.39 is 18.8 Å². The smallest absolute Gasteiger partial charge is 0.475 e. The van der Waals surface area contributed by atoms with Gasteiger partial charge in [0.25, 0.3) is 0 Å². The molecule has 1 N–H and O–H groups in total. The highest BCUT2D eigenvalue weighted by molar-refractivity contribution is 5.79. The molecule has 0 saturated carbocycles. The fraction of sp³-hybridized carbons (Fsp3) is 0.882. The molecule has 9 heteroatoms. The van der Waals surface area contributed by atoms with Gasteiger partial charge in [0.05, 0.1) is 0 Å². The maximum absolute atomic E-state index is 12.7. The number of nitrogens with zero attached hydrogens (tertiary/aromatic N) is 2. The van der Waals surface area contributed by atoms with Crippen molar-refractivity contribution in [3.63, 3.8) is 0 Å². The van der Waals surface area contributed by atoms with E-state index in [4.69, 9.17) is 9.90 Å². The number of carbonyl (C=O) groups is 2. The molecule has 1 spiro atoms. The van der Waals surface area contributed by atoms with Crippen LogP contribution < -0.4 is 0 Å². The molecular weight excluding hydrogens is 356 g/mol. The van der Waals surface area contributed by atoms with E-state index in [9.17, 15) is 22.4 Å². The SMILES string of the molecule is CC(C)CN1CCCC2(CCC(=O)N2CCF)CC1.O=C(O)C(F)(F)F. The van der Waals surface area contributed by atoms with E-state index in [1.807, 2.05) is 4.90 Å². The Balaban J connectivity index is 0.000000412. The number of likely N-dealkylation sites (tertiary alicyclic amines) is 2. The van der Waals surface area contributed by atoms with E-state index >= 15 is 0 Å². The molecule has 2 heterocycles.